The van der Waals surface area contributed by atoms with E-state index in [0.717, 1.165) is 29.6 Å². The van der Waals surface area contributed by atoms with Crippen LogP contribution in [-0.2, 0) is 11.2 Å². The largest absolute Gasteiger partial charge is 0.329 e. The summed E-state index contributed by atoms with van der Waals surface area (Å²) in [6, 6.07) is 14.0. The fraction of sp³-hybridized carbons (Fsp3) is 0.462. The zero-order chi connectivity index (χ0) is 21.6. The second-order valence-electron chi connectivity index (χ2n) is 9.40. The Labute approximate surface area is 189 Å². The Kier molecular flexibility index (Phi) is 5.39. The molecule has 2 aromatic rings. The van der Waals surface area contributed by atoms with Gasteiger partial charge < -0.3 is 9.38 Å². The molecule has 1 saturated heterocycles. The normalized spacial score (nSPS) is 24.2. The van der Waals surface area contributed by atoms with Crippen molar-refractivity contribution in [1.29, 1.82) is 0 Å². The van der Waals surface area contributed by atoms with Gasteiger partial charge in [-0.25, -0.2) is 0 Å². The second kappa shape index (κ2) is 8.07. The van der Waals surface area contributed by atoms with Gasteiger partial charge in [0.1, 0.15) is 12.6 Å². The van der Waals surface area contributed by atoms with Crippen molar-refractivity contribution in [2.45, 2.75) is 44.6 Å². The quantitative estimate of drug-likeness (QED) is 0.646. The van der Waals surface area contributed by atoms with Crippen LogP contribution in [0.3, 0.4) is 0 Å². The molecule has 2 aromatic carbocycles. The maximum Gasteiger partial charge on any atom is 0.231 e. The highest BCUT2D eigenvalue weighted by Gasteiger charge is 2.43. The summed E-state index contributed by atoms with van der Waals surface area (Å²) in [5.74, 6) is -0.277. The van der Waals surface area contributed by atoms with Gasteiger partial charge in [0.05, 0.1) is 25.6 Å². The van der Waals surface area contributed by atoms with Crippen LogP contribution in [0.2, 0.25) is 5.02 Å². The van der Waals surface area contributed by atoms with Gasteiger partial charge in [-0.05, 0) is 48.2 Å². The van der Waals surface area contributed by atoms with Gasteiger partial charge in [0.15, 0.2) is 5.78 Å². The van der Waals surface area contributed by atoms with Crippen molar-refractivity contribution in [2.75, 3.05) is 32.7 Å². The number of rotatable bonds is 4. The molecule has 0 N–H and O–H groups in total. The number of hydrogen-bond acceptors (Lipinski definition) is 2. The second-order valence-corrected chi connectivity index (χ2v) is 9.84. The molecule has 2 aliphatic heterocycles. The minimum atomic E-state index is -0.414. The molecule has 5 heteroatoms. The van der Waals surface area contributed by atoms with E-state index in [4.69, 9.17) is 11.6 Å². The lowest BCUT2D eigenvalue weighted by atomic mass is 9.89. The predicted octanol–water partition coefficient (Wildman–Crippen LogP) is 4.77. The average Bonchev–Trinajstić information content (AvgIpc) is 3.38. The van der Waals surface area contributed by atoms with Crippen molar-refractivity contribution in [3.05, 3.63) is 69.7 Å². The molecule has 3 aliphatic rings. The van der Waals surface area contributed by atoms with Gasteiger partial charge in [-0.1, -0.05) is 35.9 Å². The van der Waals surface area contributed by atoms with E-state index in [2.05, 4.69) is 36.1 Å². The van der Waals surface area contributed by atoms with Crippen molar-refractivity contribution in [1.82, 2.24) is 4.90 Å². The van der Waals surface area contributed by atoms with E-state index in [1.54, 1.807) is 12.1 Å². The smallest absolute Gasteiger partial charge is 0.231 e. The summed E-state index contributed by atoms with van der Waals surface area (Å²) in [5.41, 5.74) is 4.11. The van der Waals surface area contributed by atoms with Crippen LogP contribution >= 0.6 is 11.6 Å². The number of ketones is 1. The Hall–Kier alpha value is -2.17. The number of likely N-dealkylation sites (tertiary alicyclic amines) is 1. The molecular weight excluding hydrogens is 408 g/mol. The van der Waals surface area contributed by atoms with E-state index < -0.39 is 5.92 Å². The predicted molar refractivity (Wildman–Crippen MR) is 122 cm³/mol. The number of benzene rings is 2. The number of nitrogens with zero attached hydrogens (tertiary/aromatic N) is 2. The third-order valence-corrected chi connectivity index (χ3v) is 8.05. The number of fused-ring (bicyclic) bond motifs is 2. The molecule has 5 rings (SSSR count). The molecule has 0 saturated carbocycles. The molecule has 0 aromatic heterocycles. The number of carbonyl (C=O) groups is 2. The lowest BCUT2D eigenvalue weighted by molar-refractivity contribution is -0.917. The molecule has 1 aliphatic carbocycles. The lowest BCUT2D eigenvalue weighted by Crippen LogP contribution is -2.53. The zero-order valence-corrected chi connectivity index (χ0v) is 18.9. The van der Waals surface area contributed by atoms with Gasteiger partial charge in [0.25, 0.3) is 0 Å². The number of amides is 1. The minimum Gasteiger partial charge on any atom is -0.329 e. The molecule has 0 bridgehead atoms. The Morgan fingerprint density at radius 3 is 2.68 bits per heavy atom. The highest BCUT2D eigenvalue weighted by atomic mass is 35.5. The van der Waals surface area contributed by atoms with E-state index in [1.165, 1.54) is 37.1 Å². The van der Waals surface area contributed by atoms with Gasteiger partial charge in [-0.3, -0.25) is 9.59 Å². The number of halogens is 1. The summed E-state index contributed by atoms with van der Waals surface area (Å²) in [6.45, 7) is 7.43. The number of carbonyl (C=O) groups excluding carboxylic acids is 2. The van der Waals surface area contributed by atoms with E-state index in [0.29, 0.717) is 17.1 Å². The first-order valence-electron chi connectivity index (χ1n) is 11.6. The topological polar surface area (TPSA) is 37.4 Å². The molecule has 0 radical (unpaired) electrons. The molecule has 1 amide bonds. The number of hydrogen-bond donors (Lipinski definition) is 0. The Morgan fingerprint density at radius 1 is 1.13 bits per heavy atom. The average molecular weight is 438 g/mol. The van der Waals surface area contributed by atoms with Crippen LogP contribution in [-0.4, -0.2) is 53.8 Å². The van der Waals surface area contributed by atoms with E-state index >= 15 is 0 Å². The Bertz CT molecular complexity index is 1030. The fourth-order valence-electron chi connectivity index (χ4n) is 6.01. The van der Waals surface area contributed by atoms with E-state index in [-0.39, 0.29) is 24.2 Å². The summed E-state index contributed by atoms with van der Waals surface area (Å²) in [5, 5.41) is 0.583. The molecule has 162 valence electrons. The summed E-state index contributed by atoms with van der Waals surface area (Å²) < 4.78 is 1.08. The van der Waals surface area contributed by atoms with Crippen molar-refractivity contribution in [3.63, 3.8) is 0 Å². The van der Waals surface area contributed by atoms with Crippen molar-refractivity contribution < 1.29 is 14.1 Å². The van der Waals surface area contributed by atoms with Crippen molar-refractivity contribution >= 4 is 23.3 Å². The summed E-state index contributed by atoms with van der Waals surface area (Å²) in [6.07, 6.45) is 3.65. The highest BCUT2D eigenvalue weighted by Crippen LogP contribution is 2.40. The Morgan fingerprint density at radius 2 is 1.90 bits per heavy atom. The molecule has 0 spiro atoms. The highest BCUT2D eigenvalue weighted by molar-refractivity contribution is 6.31. The third-order valence-electron chi connectivity index (χ3n) is 7.82. The van der Waals surface area contributed by atoms with E-state index in [1.807, 2.05) is 6.07 Å². The van der Waals surface area contributed by atoms with E-state index in [9.17, 15) is 9.59 Å². The third kappa shape index (κ3) is 3.60. The van der Waals surface area contributed by atoms with Crippen LogP contribution in [0.25, 0.3) is 0 Å². The first-order chi connectivity index (χ1) is 15.0. The minimum absolute atomic E-state index is 0.0515. The summed E-state index contributed by atoms with van der Waals surface area (Å²) in [7, 11) is 0. The first kappa shape index (κ1) is 20.7. The lowest BCUT2D eigenvalue weighted by Gasteiger charge is -2.44. The monoisotopic (exact) mass is 437 g/mol. The van der Waals surface area contributed by atoms with Crippen LogP contribution in [0.4, 0.5) is 0 Å². The Balaban J connectivity index is 1.51. The molecule has 2 unspecified atom stereocenters. The van der Waals surface area contributed by atoms with Crippen LogP contribution in [0.1, 0.15) is 65.2 Å². The van der Waals surface area contributed by atoms with Gasteiger partial charge >= 0.3 is 0 Å². The molecule has 1 fully saturated rings. The molecule has 2 heterocycles. The van der Waals surface area contributed by atoms with Gasteiger partial charge in [-0.15, -0.1) is 0 Å². The van der Waals surface area contributed by atoms with Gasteiger partial charge in [-0.2, -0.15) is 0 Å². The van der Waals surface area contributed by atoms with Crippen molar-refractivity contribution in [2.24, 2.45) is 0 Å². The first-order valence-corrected chi connectivity index (χ1v) is 12.0. The number of likely N-dealkylation sites (N-methyl/N-ethyl adjacent to an activating group) is 1. The zero-order valence-electron chi connectivity index (χ0n) is 18.1. The van der Waals surface area contributed by atoms with Crippen LogP contribution in [0.5, 0.6) is 0 Å². The molecule has 4 nitrogen and oxygen atoms in total. The summed E-state index contributed by atoms with van der Waals surface area (Å²) >= 11 is 6.23. The van der Waals surface area contributed by atoms with Gasteiger partial charge in [0, 0.05) is 36.4 Å². The van der Waals surface area contributed by atoms with Gasteiger partial charge in [0.2, 0.25) is 5.91 Å². The molecular formula is C26H30ClN2O2+. The number of quaternary nitrogens is 1. The van der Waals surface area contributed by atoms with Crippen LogP contribution in [0, 0.1) is 0 Å². The maximum atomic E-state index is 13.9. The van der Waals surface area contributed by atoms with Crippen molar-refractivity contribution in [3.8, 4) is 0 Å². The fourth-order valence-corrected chi connectivity index (χ4v) is 6.20. The molecule has 31 heavy (non-hydrogen) atoms. The SMILES string of the molecule is CC[N+]1(CC2c3ccccc3CCN2C(=O)C2CC(=O)c3ccc(Cl)cc32)CCCC1. The maximum absolute atomic E-state index is 13.9. The number of Topliss-reactive ketones (excluding diaryl/α,β-unsaturated/α-hetero) is 1. The molecule has 2 atom stereocenters. The summed E-state index contributed by atoms with van der Waals surface area (Å²) in [4.78, 5) is 28.6. The van der Waals surface area contributed by atoms with Crippen LogP contribution in [0.15, 0.2) is 42.5 Å². The van der Waals surface area contributed by atoms with Crippen LogP contribution < -0.4 is 0 Å². The standard InChI is InChI=1S/C26H30ClN2O2/c1-2-29(13-5-6-14-29)17-24-20-8-4-3-7-18(20)11-12-28(24)26(31)23-16-25(30)21-10-9-19(27)15-22(21)23/h3-4,7-10,15,23-24H,2,5-6,11-14,16-17H2,1H3/q+1.